The molecule has 0 amide bonds. The Morgan fingerprint density at radius 2 is 0.567 bits per heavy atom. The van der Waals surface area contributed by atoms with Crippen LogP contribution in [0.15, 0.2) is 0 Å². The standard InChI is InChI=1S/C38H68O2.C25H42O2/c1-4-7-10-13-14-15-16-17-18-19-20-21-22-23-24-25-26-27-28-29-30-33-36-38(39)40-37(34-31-11-8-5-2)35-32-12-9-6-3;1-2-3-4-5-6-7-8-9-10-11-12-13-14-15-16-17-18-19-20-21-22-23-24-25(26)27/h37H,4-20,25-36H2,1-3H3;2-12,17-24H2,1H3,(H,26,27). The molecule has 0 aromatic heterocycles. The van der Waals surface area contributed by atoms with Gasteiger partial charge >= 0.3 is 11.9 Å². The minimum absolute atomic E-state index is 0.0283. The number of ether oxygens (including phenoxy) is 1. The maximum atomic E-state index is 12.4. The molecular weight excluding hydrogens is 821 g/mol. The molecular formula is C63H110O4. The lowest BCUT2D eigenvalue weighted by molar-refractivity contribution is -0.150. The predicted molar refractivity (Wildman–Crippen MR) is 293 cm³/mol. The summed E-state index contributed by atoms with van der Waals surface area (Å²) in [6.07, 6.45) is 57.8. The molecule has 0 unspecified atom stereocenters. The fourth-order valence-corrected chi connectivity index (χ4v) is 8.32. The highest BCUT2D eigenvalue weighted by molar-refractivity contribution is 5.69. The van der Waals surface area contributed by atoms with Crippen molar-refractivity contribution in [2.24, 2.45) is 0 Å². The van der Waals surface area contributed by atoms with Crippen molar-refractivity contribution in [3.8, 4) is 47.4 Å². The molecule has 0 radical (unpaired) electrons. The second kappa shape index (κ2) is 61.2. The molecule has 0 atom stereocenters. The molecule has 0 aliphatic heterocycles. The topological polar surface area (TPSA) is 63.6 Å². The Bertz CT molecular complexity index is 1270. The summed E-state index contributed by atoms with van der Waals surface area (Å²) in [5, 5.41) is 8.55. The van der Waals surface area contributed by atoms with E-state index in [1.54, 1.807) is 0 Å². The molecule has 0 spiro atoms. The van der Waals surface area contributed by atoms with Crippen LogP contribution in [0.2, 0.25) is 0 Å². The van der Waals surface area contributed by atoms with Gasteiger partial charge in [0.25, 0.3) is 0 Å². The number of hydrogen-bond acceptors (Lipinski definition) is 3. The number of rotatable bonds is 47. The van der Waals surface area contributed by atoms with Crippen LogP contribution in [-0.4, -0.2) is 23.1 Å². The van der Waals surface area contributed by atoms with Crippen molar-refractivity contribution in [2.75, 3.05) is 0 Å². The van der Waals surface area contributed by atoms with E-state index in [1.165, 1.54) is 212 Å². The van der Waals surface area contributed by atoms with Gasteiger partial charge in [0.1, 0.15) is 6.10 Å². The molecule has 4 heteroatoms. The summed E-state index contributed by atoms with van der Waals surface area (Å²) in [7, 11) is 0. The number of carboxylic acid groups (broad SMARTS) is 1. The summed E-state index contributed by atoms with van der Waals surface area (Å²) in [5.41, 5.74) is 0. The number of aliphatic carboxylic acids is 1. The molecule has 0 bridgehead atoms. The molecule has 0 aromatic carbocycles. The molecule has 0 rings (SSSR count). The normalized spacial score (nSPS) is 10.4. The third kappa shape index (κ3) is 63.2. The molecule has 0 saturated heterocycles. The van der Waals surface area contributed by atoms with Gasteiger partial charge in [-0.15, -0.1) is 0 Å². The van der Waals surface area contributed by atoms with E-state index in [0.717, 1.165) is 83.5 Å². The first kappa shape index (κ1) is 66.3. The Labute approximate surface area is 419 Å². The number of esters is 1. The molecule has 0 heterocycles. The minimum Gasteiger partial charge on any atom is -0.481 e. The van der Waals surface area contributed by atoms with Crippen LogP contribution in [0.5, 0.6) is 0 Å². The molecule has 386 valence electrons. The largest absolute Gasteiger partial charge is 0.481 e. The van der Waals surface area contributed by atoms with E-state index < -0.39 is 5.97 Å². The van der Waals surface area contributed by atoms with Gasteiger partial charge in [-0.3, -0.25) is 9.59 Å². The van der Waals surface area contributed by atoms with E-state index in [0.29, 0.717) is 12.8 Å². The lowest BCUT2D eigenvalue weighted by Crippen LogP contribution is -2.18. The molecule has 0 fully saturated rings. The van der Waals surface area contributed by atoms with Crippen molar-refractivity contribution < 1.29 is 19.4 Å². The van der Waals surface area contributed by atoms with Gasteiger partial charge in [0, 0.05) is 38.5 Å². The Morgan fingerprint density at radius 3 is 0.851 bits per heavy atom. The third-order valence-electron chi connectivity index (χ3n) is 12.7. The third-order valence-corrected chi connectivity index (χ3v) is 12.7. The first-order valence-electron chi connectivity index (χ1n) is 29.3. The number of hydrogen-bond donors (Lipinski definition) is 1. The highest BCUT2D eigenvalue weighted by Crippen LogP contribution is 2.18. The van der Waals surface area contributed by atoms with Crippen LogP contribution < -0.4 is 0 Å². The van der Waals surface area contributed by atoms with E-state index in [4.69, 9.17) is 9.84 Å². The average molecular weight is 932 g/mol. The fourth-order valence-electron chi connectivity index (χ4n) is 8.32. The van der Waals surface area contributed by atoms with Gasteiger partial charge in [-0.2, -0.15) is 0 Å². The fraction of sp³-hybridized carbons (Fsp3) is 0.841. The molecule has 0 aliphatic rings. The van der Waals surface area contributed by atoms with Crippen LogP contribution in [0, 0.1) is 47.4 Å². The van der Waals surface area contributed by atoms with E-state index in [-0.39, 0.29) is 12.1 Å². The smallest absolute Gasteiger partial charge is 0.306 e. The average Bonchev–Trinajstić information content (AvgIpc) is 3.32. The molecule has 1 N–H and O–H groups in total. The molecule has 0 aromatic rings. The van der Waals surface area contributed by atoms with E-state index in [1.807, 2.05) is 0 Å². The van der Waals surface area contributed by atoms with E-state index in [9.17, 15) is 9.59 Å². The zero-order valence-corrected chi connectivity index (χ0v) is 45.2. The predicted octanol–water partition coefficient (Wildman–Crippen LogP) is 19.8. The monoisotopic (exact) mass is 931 g/mol. The van der Waals surface area contributed by atoms with Crippen molar-refractivity contribution >= 4 is 11.9 Å². The van der Waals surface area contributed by atoms with Crippen LogP contribution in [0.25, 0.3) is 0 Å². The van der Waals surface area contributed by atoms with Gasteiger partial charge in [0.05, 0.1) is 0 Å². The minimum atomic E-state index is -0.681. The summed E-state index contributed by atoms with van der Waals surface area (Å²) in [6.45, 7) is 9.04. The van der Waals surface area contributed by atoms with E-state index in [2.05, 4.69) is 75.1 Å². The van der Waals surface area contributed by atoms with Crippen molar-refractivity contribution in [1.82, 2.24) is 0 Å². The number of unbranched alkanes of at least 4 members (excludes halogenated alkanes) is 38. The quantitative estimate of drug-likeness (QED) is 0.0375. The van der Waals surface area contributed by atoms with Crippen LogP contribution >= 0.6 is 0 Å². The maximum absolute atomic E-state index is 12.4. The van der Waals surface area contributed by atoms with Crippen molar-refractivity contribution in [3.63, 3.8) is 0 Å². The van der Waals surface area contributed by atoms with Crippen molar-refractivity contribution in [2.45, 2.75) is 342 Å². The summed E-state index contributed by atoms with van der Waals surface area (Å²) in [4.78, 5) is 22.8. The second-order valence-corrected chi connectivity index (χ2v) is 19.5. The number of carboxylic acids is 1. The van der Waals surface area contributed by atoms with Crippen LogP contribution in [0.4, 0.5) is 0 Å². The zero-order valence-electron chi connectivity index (χ0n) is 45.2. The Balaban J connectivity index is 0. The van der Waals surface area contributed by atoms with Gasteiger partial charge < -0.3 is 9.84 Å². The molecule has 0 aliphatic carbocycles. The van der Waals surface area contributed by atoms with Crippen molar-refractivity contribution in [1.29, 1.82) is 0 Å². The van der Waals surface area contributed by atoms with Crippen LogP contribution in [0.1, 0.15) is 336 Å². The SMILES string of the molecule is CCCCCCCCCCCCC#CC#CCCCCCCCCC(=O)O.CCCCCCCCCCCCC#CC#CCCCCCCCCC(=O)OC(CCCCCC)CCCCCC. The zero-order chi connectivity index (χ0) is 49.0. The first-order valence-corrected chi connectivity index (χ1v) is 29.3. The van der Waals surface area contributed by atoms with Crippen LogP contribution in [0.3, 0.4) is 0 Å². The Hall–Kier alpha value is -2.82. The molecule has 4 nitrogen and oxygen atoms in total. The number of carbonyl (C=O) groups is 2. The summed E-state index contributed by atoms with van der Waals surface area (Å²) >= 11 is 0. The van der Waals surface area contributed by atoms with Gasteiger partial charge in [0.15, 0.2) is 0 Å². The van der Waals surface area contributed by atoms with Gasteiger partial charge in [-0.05, 0) is 87.9 Å². The van der Waals surface area contributed by atoms with Gasteiger partial charge in [-0.1, -0.05) is 257 Å². The first-order chi connectivity index (χ1) is 33.0. The molecule has 67 heavy (non-hydrogen) atoms. The van der Waals surface area contributed by atoms with Gasteiger partial charge in [0.2, 0.25) is 0 Å². The lowest BCUT2D eigenvalue weighted by atomic mass is 10.0. The highest BCUT2D eigenvalue weighted by Gasteiger charge is 2.14. The lowest BCUT2D eigenvalue weighted by Gasteiger charge is -2.18. The summed E-state index contributed by atoms with van der Waals surface area (Å²) in [5.74, 6) is 24.1. The number of carbonyl (C=O) groups excluding carboxylic acids is 1. The Kier molecular flexibility index (Phi) is 60.5. The maximum Gasteiger partial charge on any atom is 0.306 e. The molecule has 0 saturated carbocycles. The van der Waals surface area contributed by atoms with Gasteiger partial charge in [-0.25, -0.2) is 0 Å². The second-order valence-electron chi connectivity index (χ2n) is 19.5. The van der Waals surface area contributed by atoms with Crippen LogP contribution in [-0.2, 0) is 14.3 Å². The Morgan fingerprint density at radius 1 is 0.328 bits per heavy atom. The van der Waals surface area contributed by atoms with E-state index >= 15 is 0 Å². The summed E-state index contributed by atoms with van der Waals surface area (Å²) in [6, 6.07) is 0. The summed E-state index contributed by atoms with van der Waals surface area (Å²) < 4.78 is 5.89. The highest BCUT2D eigenvalue weighted by atomic mass is 16.5. The van der Waals surface area contributed by atoms with Crippen molar-refractivity contribution in [3.05, 3.63) is 0 Å².